The molecule has 0 spiro atoms. The van der Waals surface area contributed by atoms with Gasteiger partial charge in [-0.05, 0) is 30.5 Å². The van der Waals surface area contributed by atoms with Crippen LogP contribution >= 0.6 is 11.9 Å². The second-order valence-corrected chi connectivity index (χ2v) is 5.26. The van der Waals surface area contributed by atoms with E-state index >= 15 is 0 Å². The molecule has 0 saturated carbocycles. The maximum atomic E-state index is 11.6. The number of aryl methyl sites for hydroxylation is 1. The van der Waals surface area contributed by atoms with Gasteiger partial charge >= 0.3 is 0 Å². The number of hydrogen-bond acceptors (Lipinski definition) is 5. The molecule has 1 aliphatic heterocycles. The summed E-state index contributed by atoms with van der Waals surface area (Å²) in [4.78, 5) is 11.6. The number of rotatable bonds is 5. The van der Waals surface area contributed by atoms with E-state index in [-0.39, 0.29) is 11.7 Å². The smallest absolute Gasteiger partial charge is 0.251 e. The van der Waals surface area contributed by atoms with Crippen molar-refractivity contribution < 1.29 is 14.6 Å². The van der Waals surface area contributed by atoms with Gasteiger partial charge in [-0.1, -0.05) is 12.1 Å². The standard InChI is InChI=1S/C14H18N2O3S/c1-9-4-3-5-11(13(9)19-2)16-20-8-10-12(17)6-7-15-14(10)18/h3-5,16-17H,6-8H2,1-2H3,(H,15,18). The number of aliphatic hydroxyl groups excluding tert-OH is 1. The molecular weight excluding hydrogens is 276 g/mol. The van der Waals surface area contributed by atoms with Gasteiger partial charge in [-0.15, -0.1) is 0 Å². The van der Waals surface area contributed by atoms with E-state index in [1.54, 1.807) is 7.11 Å². The van der Waals surface area contributed by atoms with Crippen LogP contribution in [-0.4, -0.2) is 30.4 Å². The van der Waals surface area contributed by atoms with Crippen LogP contribution in [0.15, 0.2) is 29.5 Å². The summed E-state index contributed by atoms with van der Waals surface area (Å²) in [5, 5.41) is 12.5. The summed E-state index contributed by atoms with van der Waals surface area (Å²) in [6.45, 7) is 2.47. The number of carbonyl (C=O) groups excluding carboxylic acids is 1. The van der Waals surface area contributed by atoms with E-state index in [1.807, 2.05) is 25.1 Å². The van der Waals surface area contributed by atoms with Gasteiger partial charge in [-0.25, -0.2) is 0 Å². The van der Waals surface area contributed by atoms with E-state index in [1.165, 1.54) is 11.9 Å². The SMILES string of the molecule is COc1c(C)cccc1NSCC1=C(O)CCNC1=O. The summed E-state index contributed by atoms with van der Waals surface area (Å²) in [5.41, 5.74) is 2.32. The monoisotopic (exact) mass is 294 g/mol. The predicted octanol–water partition coefficient (Wildman–Crippen LogP) is 2.40. The molecule has 6 heteroatoms. The lowest BCUT2D eigenvalue weighted by Gasteiger charge is -2.17. The van der Waals surface area contributed by atoms with Gasteiger partial charge < -0.3 is 19.9 Å². The Hall–Kier alpha value is -1.82. The van der Waals surface area contributed by atoms with E-state index in [0.29, 0.717) is 24.3 Å². The van der Waals surface area contributed by atoms with Crippen LogP contribution in [0.25, 0.3) is 0 Å². The molecule has 0 aromatic heterocycles. The van der Waals surface area contributed by atoms with Crippen LogP contribution in [0, 0.1) is 6.92 Å². The van der Waals surface area contributed by atoms with Crippen molar-refractivity contribution >= 4 is 23.5 Å². The highest BCUT2D eigenvalue weighted by Crippen LogP contribution is 2.30. The van der Waals surface area contributed by atoms with Crippen LogP contribution in [-0.2, 0) is 4.79 Å². The number of nitrogens with one attached hydrogen (secondary N) is 2. The van der Waals surface area contributed by atoms with Crippen molar-refractivity contribution in [2.75, 3.05) is 24.1 Å². The van der Waals surface area contributed by atoms with E-state index in [0.717, 1.165) is 17.0 Å². The highest BCUT2D eigenvalue weighted by atomic mass is 32.2. The zero-order valence-electron chi connectivity index (χ0n) is 11.5. The van der Waals surface area contributed by atoms with Crippen LogP contribution in [0.5, 0.6) is 5.75 Å². The Morgan fingerprint density at radius 2 is 2.30 bits per heavy atom. The number of para-hydroxylation sites is 1. The van der Waals surface area contributed by atoms with Crippen molar-refractivity contribution in [1.29, 1.82) is 0 Å². The third kappa shape index (κ3) is 3.19. The highest BCUT2D eigenvalue weighted by molar-refractivity contribution is 8.00. The molecular formula is C14H18N2O3S. The fourth-order valence-electron chi connectivity index (χ4n) is 2.02. The lowest BCUT2D eigenvalue weighted by atomic mass is 10.1. The first-order valence-corrected chi connectivity index (χ1v) is 7.32. The molecule has 3 N–H and O–H groups in total. The Morgan fingerprint density at radius 3 is 3.00 bits per heavy atom. The number of benzene rings is 1. The Labute approximate surface area is 122 Å². The number of aliphatic hydroxyl groups is 1. The Bertz CT molecular complexity index is 543. The summed E-state index contributed by atoms with van der Waals surface area (Å²) in [5.74, 6) is 1.17. The van der Waals surface area contributed by atoms with Gasteiger partial charge in [0.25, 0.3) is 5.91 Å². The van der Waals surface area contributed by atoms with Crippen LogP contribution in [0.2, 0.25) is 0 Å². The predicted molar refractivity (Wildman–Crippen MR) is 81.1 cm³/mol. The molecule has 20 heavy (non-hydrogen) atoms. The molecule has 1 aliphatic rings. The lowest BCUT2D eigenvalue weighted by Crippen LogP contribution is -2.32. The van der Waals surface area contributed by atoms with Crippen LogP contribution in [0.1, 0.15) is 12.0 Å². The molecule has 5 nitrogen and oxygen atoms in total. The molecule has 0 bridgehead atoms. The van der Waals surface area contributed by atoms with Gasteiger partial charge in [-0.3, -0.25) is 4.79 Å². The molecule has 0 atom stereocenters. The average Bonchev–Trinajstić information content (AvgIpc) is 2.42. The summed E-state index contributed by atoms with van der Waals surface area (Å²) >= 11 is 1.35. The second-order valence-electron chi connectivity index (χ2n) is 4.48. The number of carbonyl (C=O) groups is 1. The average molecular weight is 294 g/mol. The van der Waals surface area contributed by atoms with E-state index < -0.39 is 0 Å². The molecule has 1 aromatic carbocycles. The maximum absolute atomic E-state index is 11.6. The molecule has 2 rings (SSSR count). The van der Waals surface area contributed by atoms with Gasteiger partial charge in [0.05, 0.1) is 18.4 Å². The van der Waals surface area contributed by atoms with Crippen molar-refractivity contribution in [3.63, 3.8) is 0 Å². The van der Waals surface area contributed by atoms with E-state index in [9.17, 15) is 9.90 Å². The van der Waals surface area contributed by atoms with Crippen LogP contribution in [0.4, 0.5) is 5.69 Å². The van der Waals surface area contributed by atoms with Crippen molar-refractivity contribution in [2.45, 2.75) is 13.3 Å². The zero-order chi connectivity index (χ0) is 14.5. The first kappa shape index (κ1) is 14.6. The number of anilines is 1. The molecule has 1 aromatic rings. The minimum absolute atomic E-state index is 0.180. The Balaban J connectivity index is 2.00. The van der Waals surface area contributed by atoms with Gasteiger partial charge in [0.15, 0.2) is 0 Å². The number of methoxy groups -OCH3 is 1. The molecule has 0 radical (unpaired) electrons. The summed E-state index contributed by atoms with van der Waals surface area (Å²) in [6, 6.07) is 5.82. The fraction of sp³-hybridized carbons (Fsp3) is 0.357. The number of ether oxygens (including phenoxy) is 1. The van der Waals surface area contributed by atoms with Crippen molar-refractivity contribution in [1.82, 2.24) is 5.32 Å². The summed E-state index contributed by atoms with van der Waals surface area (Å²) in [7, 11) is 1.63. The molecule has 0 unspecified atom stereocenters. The minimum Gasteiger partial charge on any atom is -0.512 e. The zero-order valence-corrected chi connectivity index (χ0v) is 12.3. The first-order chi connectivity index (χ1) is 9.63. The topological polar surface area (TPSA) is 70.6 Å². The fourth-order valence-corrected chi connectivity index (χ4v) is 2.85. The normalized spacial score (nSPS) is 15.0. The summed E-state index contributed by atoms with van der Waals surface area (Å²) in [6.07, 6.45) is 0.495. The van der Waals surface area contributed by atoms with Gasteiger partial charge in [-0.2, -0.15) is 0 Å². The van der Waals surface area contributed by atoms with Crippen molar-refractivity contribution in [2.24, 2.45) is 0 Å². The minimum atomic E-state index is -0.195. The largest absolute Gasteiger partial charge is 0.512 e. The number of hydrogen-bond donors (Lipinski definition) is 3. The molecule has 0 aliphatic carbocycles. The third-order valence-electron chi connectivity index (χ3n) is 3.08. The molecule has 0 fully saturated rings. The van der Waals surface area contributed by atoms with Gasteiger partial charge in [0.1, 0.15) is 11.5 Å². The van der Waals surface area contributed by atoms with Crippen LogP contribution in [0.3, 0.4) is 0 Å². The highest BCUT2D eigenvalue weighted by Gasteiger charge is 2.19. The molecule has 1 amide bonds. The maximum Gasteiger partial charge on any atom is 0.251 e. The quantitative estimate of drug-likeness (QED) is 0.727. The molecule has 108 valence electrons. The van der Waals surface area contributed by atoms with Crippen molar-refractivity contribution in [3.05, 3.63) is 35.1 Å². The third-order valence-corrected chi connectivity index (χ3v) is 3.88. The van der Waals surface area contributed by atoms with Crippen LogP contribution < -0.4 is 14.8 Å². The number of amides is 1. The summed E-state index contributed by atoms with van der Waals surface area (Å²) < 4.78 is 8.50. The Kier molecular flexibility index (Phi) is 4.79. The molecule has 1 heterocycles. The lowest BCUT2D eigenvalue weighted by molar-refractivity contribution is -0.118. The Morgan fingerprint density at radius 1 is 1.50 bits per heavy atom. The molecule has 0 saturated heterocycles. The van der Waals surface area contributed by atoms with E-state index in [4.69, 9.17) is 4.74 Å². The van der Waals surface area contributed by atoms with Gasteiger partial charge in [0.2, 0.25) is 0 Å². The second kappa shape index (κ2) is 6.56. The van der Waals surface area contributed by atoms with Gasteiger partial charge in [0, 0.05) is 18.7 Å². The first-order valence-electron chi connectivity index (χ1n) is 6.34. The van der Waals surface area contributed by atoms with E-state index in [2.05, 4.69) is 10.0 Å². The van der Waals surface area contributed by atoms with Crippen molar-refractivity contribution in [3.8, 4) is 5.75 Å².